The molecule has 4 N–H and O–H groups in total. The van der Waals surface area contributed by atoms with Crippen LogP contribution in [0.4, 0.5) is 16.2 Å². The summed E-state index contributed by atoms with van der Waals surface area (Å²) in [7, 11) is 1.45. The number of nitrogens with zero attached hydrogens (tertiary/aromatic N) is 2. The molecule has 0 aliphatic rings. The van der Waals surface area contributed by atoms with Crippen LogP contribution in [0.15, 0.2) is 17.1 Å². The van der Waals surface area contributed by atoms with E-state index in [0.717, 1.165) is 0 Å². The Labute approximate surface area is 122 Å². The number of benzene rings is 1. The predicted molar refractivity (Wildman–Crippen MR) is 81.6 cm³/mol. The number of nitrogens with two attached hydrogens (primary N) is 1. The Hall–Kier alpha value is -2.64. The van der Waals surface area contributed by atoms with Gasteiger partial charge in [0.2, 0.25) is 0 Å². The fourth-order valence-corrected chi connectivity index (χ4v) is 1.89. The number of nitro benzene ring substituents is 1. The van der Waals surface area contributed by atoms with Crippen molar-refractivity contribution in [2.75, 3.05) is 12.4 Å². The lowest BCUT2D eigenvalue weighted by molar-refractivity contribution is -0.385. The Morgan fingerprint density at radius 1 is 1.33 bits per heavy atom. The number of urea groups is 1. The van der Waals surface area contributed by atoms with Crippen LogP contribution in [0.1, 0.15) is 25.0 Å². The molecule has 0 atom stereocenters. The summed E-state index contributed by atoms with van der Waals surface area (Å²) < 4.78 is 0. The summed E-state index contributed by atoms with van der Waals surface area (Å²) in [6.45, 7) is 3.73. The smallest absolute Gasteiger partial charge is 0.326 e. The van der Waals surface area contributed by atoms with Crippen molar-refractivity contribution in [2.24, 2.45) is 10.7 Å². The average molecular weight is 293 g/mol. The number of guanidine groups is 1. The summed E-state index contributed by atoms with van der Waals surface area (Å²) in [5.74, 6) is -0.00879. The van der Waals surface area contributed by atoms with E-state index < -0.39 is 11.0 Å². The first-order valence-electron chi connectivity index (χ1n) is 6.53. The normalized spacial score (nSPS) is 11.1. The van der Waals surface area contributed by atoms with Crippen molar-refractivity contribution >= 4 is 23.4 Å². The van der Waals surface area contributed by atoms with Crippen LogP contribution in [0.5, 0.6) is 0 Å². The number of amides is 2. The van der Waals surface area contributed by atoms with Crippen molar-refractivity contribution in [2.45, 2.75) is 26.7 Å². The van der Waals surface area contributed by atoms with E-state index in [1.807, 2.05) is 13.8 Å². The Bertz CT molecular complexity index is 558. The standard InChI is InChI=1S/C13H19N5O3/c1-4-8-6-10(18(20)21)7-9(5-2)11(8)16-13(19)17-12(14)15-3/h6-7H,4-5H2,1-3H3,(H4,14,15,16,17,19). The van der Waals surface area contributed by atoms with E-state index >= 15 is 0 Å². The number of carbonyl (C=O) groups excluding carboxylic acids is 1. The summed E-state index contributed by atoms with van der Waals surface area (Å²) in [5, 5.41) is 16.0. The first-order valence-corrected chi connectivity index (χ1v) is 6.53. The van der Waals surface area contributed by atoms with Crippen LogP contribution in [0.25, 0.3) is 0 Å². The lowest BCUT2D eigenvalue weighted by Gasteiger charge is -2.14. The summed E-state index contributed by atoms with van der Waals surface area (Å²) in [6.07, 6.45) is 1.11. The maximum atomic E-state index is 11.8. The van der Waals surface area contributed by atoms with Gasteiger partial charge >= 0.3 is 6.03 Å². The van der Waals surface area contributed by atoms with E-state index in [2.05, 4.69) is 15.6 Å². The van der Waals surface area contributed by atoms with Gasteiger partial charge in [-0.2, -0.15) is 0 Å². The molecule has 0 bridgehead atoms. The molecule has 2 amide bonds. The van der Waals surface area contributed by atoms with Crippen molar-refractivity contribution in [3.8, 4) is 0 Å². The van der Waals surface area contributed by atoms with Crippen LogP contribution in [-0.4, -0.2) is 24.0 Å². The van der Waals surface area contributed by atoms with E-state index in [1.165, 1.54) is 19.2 Å². The molecule has 114 valence electrons. The first kappa shape index (κ1) is 16.4. The van der Waals surface area contributed by atoms with Crippen molar-refractivity contribution in [1.82, 2.24) is 5.32 Å². The summed E-state index contributed by atoms with van der Waals surface area (Å²) in [4.78, 5) is 25.9. The molecule has 0 saturated heterocycles. The molecule has 0 fully saturated rings. The lowest BCUT2D eigenvalue weighted by Crippen LogP contribution is -2.39. The zero-order chi connectivity index (χ0) is 16.0. The number of non-ortho nitro benzene ring substituents is 1. The first-order chi connectivity index (χ1) is 9.92. The van der Waals surface area contributed by atoms with Gasteiger partial charge in [-0.1, -0.05) is 13.8 Å². The van der Waals surface area contributed by atoms with Crippen molar-refractivity contribution in [3.63, 3.8) is 0 Å². The molecule has 1 aromatic rings. The SMILES string of the molecule is CCc1cc([N+](=O)[O-])cc(CC)c1NC(=O)NC(N)=NC. The zero-order valence-electron chi connectivity index (χ0n) is 12.3. The highest BCUT2D eigenvalue weighted by atomic mass is 16.6. The predicted octanol–water partition coefficient (Wildman–Crippen LogP) is 1.79. The van der Waals surface area contributed by atoms with E-state index in [9.17, 15) is 14.9 Å². The summed E-state index contributed by atoms with van der Waals surface area (Å²) in [6, 6.07) is 2.40. The summed E-state index contributed by atoms with van der Waals surface area (Å²) >= 11 is 0. The quantitative estimate of drug-likeness (QED) is 0.339. The van der Waals surface area contributed by atoms with Crippen LogP contribution in [0.3, 0.4) is 0 Å². The number of carbonyl (C=O) groups is 1. The molecule has 21 heavy (non-hydrogen) atoms. The van der Waals surface area contributed by atoms with Crippen LogP contribution in [-0.2, 0) is 12.8 Å². The van der Waals surface area contributed by atoms with Crippen molar-refractivity contribution < 1.29 is 9.72 Å². The van der Waals surface area contributed by atoms with Gasteiger partial charge in [-0.25, -0.2) is 4.79 Å². The molecule has 0 radical (unpaired) electrons. The minimum absolute atomic E-state index is 0.00879. The van der Waals surface area contributed by atoms with Gasteiger partial charge in [0, 0.05) is 24.9 Å². The molecule has 0 spiro atoms. The number of nitrogens with one attached hydrogen (secondary N) is 2. The molecule has 0 unspecified atom stereocenters. The van der Waals surface area contributed by atoms with Gasteiger partial charge < -0.3 is 11.1 Å². The number of hydrogen-bond donors (Lipinski definition) is 3. The molecule has 0 heterocycles. The fourth-order valence-electron chi connectivity index (χ4n) is 1.89. The minimum Gasteiger partial charge on any atom is -0.370 e. The van der Waals surface area contributed by atoms with E-state index in [4.69, 9.17) is 5.73 Å². The Morgan fingerprint density at radius 3 is 2.24 bits per heavy atom. The number of rotatable bonds is 4. The molecule has 0 aliphatic carbocycles. The molecule has 0 saturated carbocycles. The Morgan fingerprint density at radius 2 is 1.86 bits per heavy atom. The lowest BCUT2D eigenvalue weighted by atomic mass is 10.0. The van der Waals surface area contributed by atoms with Gasteiger partial charge in [0.05, 0.1) is 4.92 Å². The third-order valence-corrected chi connectivity index (χ3v) is 2.98. The number of hydrogen-bond acceptors (Lipinski definition) is 4. The third-order valence-electron chi connectivity index (χ3n) is 2.98. The van der Waals surface area contributed by atoms with Crippen LogP contribution < -0.4 is 16.4 Å². The Kier molecular flexibility index (Phi) is 5.65. The van der Waals surface area contributed by atoms with Gasteiger partial charge in [0.25, 0.3) is 5.69 Å². The highest BCUT2D eigenvalue weighted by molar-refractivity contribution is 6.02. The second kappa shape index (κ2) is 7.22. The highest BCUT2D eigenvalue weighted by Gasteiger charge is 2.16. The Balaban J connectivity index is 3.16. The number of aryl methyl sites for hydroxylation is 2. The van der Waals surface area contributed by atoms with Crippen LogP contribution >= 0.6 is 0 Å². The number of nitro groups is 1. The molecule has 1 rings (SSSR count). The van der Waals surface area contributed by atoms with Gasteiger partial charge in [-0.05, 0) is 24.0 Å². The van der Waals surface area contributed by atoms with E-state index in [1.54, 1.807) is 0 Å². The topological polar surface area (TPSA) is 123 Å². The number of aliphatic imine (C=N–C) groups is 1. The largest absolute Gasteiger partial charge is 0.370 e. The van der Waals surface area contributed by atoms with Crippen molar-refractivity contribution in [1.29, 1.82) is 0 Å². The van der Waals surface area contributed by atoms with Crippen LogP contribution in [0.2, 0.25) is 0 Å². The third kappa shape index (κ3) is 4.16. The highest BCUT2D eigenvalue weighted by Crippen LogP contribution is 2.28. The van der Waals surface area contributed by atoms with Gasteiger partial charge in [0.1, 0.15) is 0 Å². The summed E-state index contributed by atoms with van der Waals surface area (Å²) in [5.41, 5.74) is 7.41. The van der Waals surface area contributed by atoms with Gasteiger partial charge in [-0.3, -0.25) is 20.4 Å². The monoisotopic (exact) mass is 293 g/mol. The molecule has 0 aromatic heterocycles. The van der Waals surface area contributed by atoms with Crippen LogP contribution in [0, 0.1) is 10.1 Å². The maximum Gasteiger partial charge on any atom is 0.326 e. The zero-order valence-corrected chi connectivity index (χ0v) is 12.3. The number of anilines is 1. The van der Waals surface area contributed by atoms with Gasteiger partial charge in [-0.15, -0.1) is 0 Å². The maximum absolute atomic E-state index is 11.8. The fraction of sp³-hybridized carbons (Fsp3) is 0.385. The molecular weight excluding hydrogens is 274 g/mol. The molecule has 8 nitrogen and oxygen atoms in total. The second-order valence-corrected chi connectivity index (χ2v) is 4.29. The molecule has 1 aromatic carbocycles. The van der Waals surface area contributed by atoms with E-state index in [-0.39, 0.29) is 11.6 Å². The van der Waals surface area contributed by atoms with Crippen molar-refractivity contribution in [3.05, 3.63) is 33.4 Å². The molecule has 0 aliphatic heterocycles. The van der Waals surface area contributed by atoms with Gasteiger partial charge in [0.15, 0.2) is 5.96 Å². The molecular formula is C13H19N5O3. The minimum atomic E-state index is -0.531. The average Bonchev–Trinajstić information content (AvgIpc) is 2.46. The van der Waals surface area contributed by atoms with E-state index in [0.29, 0.717) is 29.7 Å². The molecule has 8 heteroatoms. The second-order valence-electron chi connectivity index (χ2n) is 4.29.